The molecule has 1 aliphatic heterocycles. The number of nitrogens with one attached hydrogen (secondary N) is 1. The van der Waals surface area contributed by atoms with Gasteiger partial charge in [-0.05, 0) is 35.2 Å². The molecule has 0 radical (unpaired) electrons. The number of rotatable bonds is 5. The zero-order chi connectivity index (χ0) is 21.9. The standard InChI is InChI=1S/C25H22N4O2S/c30-22(26-20-11-6-12-21-24(20)28-32-27-21)13-14-23(31)29-16-15-17-7-4-5-10-19(17)25(29)18-8-2-1-3-9-18/h1-12,25H,13-16H2,(H,26,30)/t25-/m1/s1. The number of anilines is 1. The zero-order valence-corrected chi connectivity index (χ0v) is 18.2. The van der Waals surface area contributed by atoms with Crippen molar-refractivity contribution in [2.45, 2.75) is 25.3 Å². The van der Waals surface area contributed by atoms with Crippen molar-refractivity contribution in [3.05, 3.63) is 89.5 Å². The Bertz CT molecular complexity index is 1270. The summed E-state index contributed by atoms with van der Waals surface area (Å²) in [4.78, 5) is 27.7. The van der Waals surface area contributed by atoms with Gasteiger partial charge in [0, 0.05) is 19.4 Å². The van der Waals surface area contributed by atoms with Gasteiger partial charge in [-0.15, -0.1) is 0 Å². The van der Waals surface area contributed by atoms with Crippen LogP contribution in [-0.2, 0) is 16.0 Å². The Balaban J connectivity index is 1.31. The molecule has 0 spiro atoms. The molecule has 4 aromatic rings. The van der Waals surface area contributed by atoms with Crippen LogP contribution >= 0.6 is 11.7 Å². The van der Waals surface area contributed by atoms with E-state index in [1.165, 1.54) is 5.56 Å². The summed E-state index contributed by atoms with van der Waals surface area (Å²) in [5.41, 5.74) is 5.57. The Morgan fingerprint density at radius 1 is 0.938 bits per heavy atom. The van der Waals surface area contributed by atoms with Crippen molar-refractivity contribution < 1.29 is 9.59 Å². The summed E-state index contributed by atoms with van der Waals surface area (Å²) in [6, 6.07) is 23.7. The summed E-state index contributed by atoms with van der Waals surface area (Å²) in [5.74, 6) is -0.218. The molecule has 0 unspecified atom stereocenters. The molecule has 32 heavy (non-hydrogen) atoms. The van der Waals surface area contributed by atoms with Crippen LogP contribution in [0.5, 0.6) is 0 Å². The average Bonchev–Trinajstić information content (AvgIpc) is 3.32. The van der Waals surface area contributed by atoms with Gasteiger partial charge in [-0.3, -0.25) is 9.59 Å². The van der Waals surface area contributed by atoms with Crippen molar-refractivity contribution in [1.29, 1.82) is 0 Å². The number of nitrogens with zero attached hydrogens (tertiary/aromatic N) is 3. The van der Waals surface area contributed by atoms with E-state index in [9.17, 15) is 9.59 Å². The molecule has 2 heterocycles. The maximum absolute atomic E-state index is 13.2. The van der Waals surface area contributed by atoms with Gasteiger partial charge in [-0.1, -0.05) is 60.7 Å². The van der Waals surface area contributed by atoms with Gasteiger partial charge in [0.05, 0.1) is 23.5 Å². The molecule has 1 atom stereocenters. The van der Waals surface area contributed by atoms with Crippen LogP contribution < -0.4 is 5.32 Å². The number of amides is 2. The first-order valence-electron chi connectivity index (χ1n) is 10.6. The van der Waals surface area contributed by atoms with Crippen LogP contribution in [0.2, 0.25) is 0 Å². The first-order chi connectivity index (χ1) is 15.7. The van der Waals surface area contributed by atoms with Gasteiger partial charge < -0.3 is 10.2 Å². The smallest absolute Gasteiger partial charge is 0.224 e. The molecule has 0 bridgehead atoms. The van der Waals surface area contributed by atoms with Gasteiger partial charge in [0.15, 0.2) is 0 Å². The quantitative estimate of drug-likeness (QED) is 0.491. The van der Waals surface area contributed by atoms with Crippen LogP contribution in [0.25, 0.3) is 11.0 Å². The monoisotopic (exact) mass is 442 g/mol. The van der Waals surface area contributed by atoms with E-state index in [0.717, 1.165) is 34.8 Å². The predicted octanol–water partition coefficient (Wildman–Crippen LogP) is 4.58. The second-order valence-corrected chi connectivity index (χ2v) is 8.36. The number of benzene rings is 3. The van der Waals surface area contributed by atoms with Crippen LogP contribution in [0, 0.1) is 0 Å². The first-order valence-corrected chi connectivity index (χ1v) is 11.4. The minimum absolute atomic E-state index is 0.0166. The van der Waals surface area contributed by atoms with Crippen LogP contribution in [0.1, 0.15) is 35.6 Å². The second kappa shape index (κ2) is 8.88. The predicted molar refractivity (Wildman–Crippen MR) is 125 cm³/mol. The lowest BCUT2D eigenvalue weighted by molar-refractivity contribution is -0.134. The molecule has 0 fully saturated rings. The zero-order valence-electron chi connectivity index (χ0n) is 17.4. The van der Waals surface area contributed by atoms with Crippen LogP contribution in [0.15, 0.2) is 72.8 Å². The van der Waals surface area contributed by atoms with E-state index < -0.39 is 0 Å². The van der Waals surface area contributed by atoms with Crippen LogP contribution in [0.3, 0.4) is 0 Å². The van der Waals surface area contributed by atoms with Gasteiger partial charge in [0.1, 0.15) is 11.0 Å². The van der Waals surface area contributed by atoms with E-state index in [1.54, 1.807) is 6.07 Å². The van der Waals surface area contributed by atoms with Crippen LogP contribution in [-0.4, -0.2) is 32.0 Å². The molecule has 0 saturated heterocycles. The van der Waals surface area contributed by atoms with Crippen molar-refractivity contribution in [3.8, 4) is 0 Å². The van der Waals surface area contributed by atoms with Gasteiger partial charge in [-0.2, -0.15) is 8.75 Å². The van der Waals surface area contributed by atoms with E-state index in [1.807, 2.05) is 47.4 Å². The molecular formula is C25H22N4O2S. The van der Waals surface area contributed by atoms with Crippen molar-refractivity contribution in [2.24, 2.45) is 0 Å². The lowest BCUT2D eigenvalue weighted by atomic mass is 9.88. The van der Waals surface area contributed by atoms with E-state index in [0.29, 0.717) is 17.7 Å². The van der Waals surface area contributed by atoms with E-state index in [-0.39, 0.29) is 30.7 Å². The Morgan fingerprint density at radius 2 is 1.75 bits per heavy atom. The number of aromatic nitrogens is 2. The van der Waals surface area contributed by atoms with Crippen molar-refractivity contribution in [3.63, 3.8) is 0 Å². The number of carbonyl (C=O) groups is 2. The molecule has 1 N–H and O–H groups in total. The Labute approximate surface area is 190 Å². The minimum atomic E-state index is -0.201. The lowest BCUT2D eigenvalue weighted by Crippen LogP contribution is -2.40. The molecular weight excluding hydrogens is 420 g/mol. The maximum Gasteiger partial charge on any atom is 0.224 e. The molecule has 7 heteroatoms. The van der Waals surface area contributed by atoms with E-state index in [4.69, 9.17) is 0 Å². The van der Waals surface area contributed by atoms with Gasteiger partial charge in [0.2, 0.25) is 11.8 Å². The van der Waals surface area contributed by atoms with Crippen molar-refractivity contribution in [2.75, 3.05) is 11.9 Å². The molecule has 2 amide bonds. The number of fused-ring (bicyclic) bond motifs is 2. The summed E-state index contributed by atoms with van der Waals surface area (Å²) in [5, 5.41) is 2.88. The third kappa shape index (κ3) is 3.99. The number of hydrogen-bond donors (Lipinski definition) is 1. The Hall–Kier alpha value is -3.58. The molecule has 0 saturated carbocycles. The SMILES string of the molecule is O=C(CCC(=O)N1CCc2ccccc2[C@H]1c1ccccc1)Nc1cccc2nsnc12. The van der Waals surface area contributed by atoms with E-state index in [2.05, 4.69) is 38.3 Å². The molecule has 160 valence electrons. The fourth-order valence-electron chi connectivity index (χ4n) is 4.31. The van der Waals surface area contributed by atoms with Gasteiger partial charge in [0.25, 0.3) is 0 Å². The largest absolute Gasteiger partial charge is 0.331 e. The summed E-state index contributed by atoms with van der Waals surface area (Å²) in [7, 11) is 0. The fraction of sp³-hybridized carbons (Fsp3) is 0.200. The summed E-state index contributed by atoms with van der Waals surface area (Å²) >= 11 is 1.11. The fourth-order valence-corrected chi connectivity index (χ4v) is 4.86. The lowest BCUT2D eigenvalue weighted by Gasteiger charge is -2.38. The number of carbonyl (C=O) groups excluding carboxylic acids is 2. The Kier molecular flexibility index (Phi) is 5.64. The average molecular weight is 443 g/mol. The normalized spacial score (nSPS) is 15.4. The van der Waals surface area contributed by atoms with Crippen molar-refractivity contribution >= 4 is 40.3 Å². The van der Waals surface area contributed by atoms with Gasteiger partial charge >= 0.3 is 0 Å². The maximum atomic E-state index is 13.2. The van der Waals surface area contributed by atoms with E-state index >= 15 is 0 Å². The molecule has 3 aromatic carbocycles. The Morgan fingerprint density at radius 3 is 2.62 bits per heavy atom. The highest BCUT2D eigenvalue weighted by Gasteiger charge is 2.31. The highest BCUT2D eigenvalue weighted by Crippen LogP contribution is 2.35. The second-order valence-electron chi connectivity index (χ2n) is 7.83. The topological polar surface area (TPSA) is 75.2 Å². The summed E-state index contributed by atoms with van der Waals surface area (Å²) < 4.78 is 8.44. The number of hydrogen-bond acceptors (Lipinski definition) is 5. The molecule has 6 nitrogen and oxygen atoms in total. The summed E-state index contributed by atoms with van der Waals surface area (Å²) in [6.45, 7) is 0.640. The highest BCUT2D eigenvalue weighted by molar-refractivity contribution is 7.00. The summed E-state index contributed by atoms with van der Waals surface area (Å²) in [6.07, 6.45) is 1.09. The minimum Gasteiger partial charge on any atom is -0.331 e. The molecule has 5 rings (SSSR count). The van der Waals surface area contributed by atoms with Crippen molar-refractivity contribution in [1.82, 2.24) is 13.6 Å². The molecule has 1 aromatic heterocycles. The van der Waals surface area contributed by atoms with Gasteiger partial charge in [-0.25, -0.2) is 0 Å². The highest BCUT2D eigenvalue weighted by atomic mass is 32.1. The first kappa shape index (κ1) is 20.3. The van der Waals surface area contributed by atoms with Crippen LogP contribution in [0.4, 0.5) is 5.69 Å². The third-order valence-electron chi connectivity index (χ3n) is 5.85. The third-order valence-corrected chi connectivity index (χ3v) is 6.39. The molecule has 1 aliphatic rings. The molecule has 0 aliphatic carbocycles.